The third-order valence-corrected chi connectivity index (χ3v) is 6.60. The number of likely N-dealkylation sites (tertiary alicyclic amines) is 1. The van der Waals surface area contributed by atoms with Gasteiger partial charge in [0.15, 0.2) is 5.58 Å². The first-order valence-corrected chi connectivity index (χ1v) is 11.8. The number of benzene rings is 1. The second kappa shape index (κ2) is 9.61. The Morgan fingerprint density at radius 2 is 2.08 bits per heavy atom. The van der Waals surface area contributed by atoms with Gasteiger partial charge in [-0.15, -0.1) is 0 Å². The second-order valence-corrected chi connectivity index (χ2v) is 9.18. The number of fused-ring (bicyclic) bond motifs is 3. The summed E-state index contributed by atoms with van der Waals surface area (Å²) in [6, 6.07) is 5.85. The van der Waals surface area contributed by atoms with Gasteiger partial charge < -0.3 is 14.1 Å². The number of allylic oxidation sites excluding steroid dienone is 1. The molecular weight excluding hydrogens is 480 g/mol. The van der Waals surface area contributed by atoms with E-state index in [1.165, 1.54) is 11.1 Å². The highest BCUT2D eigenvalue weighted by molar-refractivity contribution is 5.86. The van der Waals surface area contributed by atoms with E-state index in [2.05, 4.69) is 14.9 Å². The number of oxazole rings is 1. The van der Waals surface area contributed by atoms with Crippen LogP contribution >= 0.6 is 0 Å². The summed E-state index contributed by atoms with van der Waals surface area (Å²) >= 11 is 0. The minimum atomic E-state index is -4.44. The average molecular weight is 507 g/mol. The van der Waals surface area contributed by atoms with E-state index in [9.17, 15) is 22.4 Å². The van der Waals surface area contributed by atoms with E-state index in [1.807, 2.05) is 0 Å². The van der Waals surface area contributed by atoms with Crippen molar-refractivity contribution in [2.45, 2.75) is 38.1 Å². The molecule has 2 atom stereocenters. The molecule has 2 aliphatic rings. The number of ether oxygens (including phenoxy) is 1. The van der Waals surface area contributed by atoms with E-state index in [0.29, 0.717) is 58.9 Å². The standard InChI is InChI=1S/C25H26F4N4O3/c1-15-11-19-18(4-6-21-23(19)36-24(34)31-21)22(33(15)14-25(27,28)29)20-5-3-16(12-30-20)35-17-7-10-32(13-17)9-2-8-26/h3-6,11-12,17,22H,2,7-10,13-14H2,1H3,(H,31,34)/t17-,22-/m0/s1. The van der Waals surface area contributed by atoms with Gasteiger partial charge in [-0.25, -0.2) is 4.79 Å². The number of hydrogen-bond donors (Lipinski definition) is 1. The Bertz CT molecular complexity index is 1320. The SMILES string of the molecule is CC1=Cc2c(ccc3[nH]c(=O)oc23)[C@@H](c2ccc(O[C@H]3CCN(CCCF)C3)cn2)N1CC(F)(F)F. The van der Waals surface area contributed by atoms with E-state index < -0.39 is 24.5 Å². The van der Waals surface area contributed by atoms with Crippen LogP contribution in [-0.2, 0) is 0 Å². The van der Waals surface area contributed by atoms with Crippen LogP contribution in [0.15, 0.2) is 45.4 Å². The highest BCUT2D eigenvalue weighted by Gasteiger charge is 2.39. The molecule has 0 amide bonds. The molecule has 1 saturated heterocycles. The third-order valence-electron chi connectivity index (χ3n) is 6.60. The number of alkyl halides is 4. The van der Waals surface area contributed by atoms with Gasteiger partial charge in [-0.1, -0.05) is 6.07 Å². The molecule has 1 N–H and O–H groups in total. The minimum Gasteiger partial charge on any atom is -0.487 e. The number of pyridine rings is 1. The van der Waals surface area contributed by atoms with Crippen molar-refractivity contribution in [2.24, 2.45) is 0 Å². The lowest BCUT2D eigenvalue weighted by atomic mass is 9.91. The predicted molar refractivity (Wildman–Crippen MR) is 125 cm³/mol. The highest BCUT2D eigenvalue weighted by atomic mass is 19.4. The van der Waals surface area contributed by atoms with Crippen LogP contribution < -0.4 is 10.5 Å². The van der Waals surface area contributed by atoms with E-state index >= 15 is 0 Å². The quantitative estimate of drug-likeness (QED) is 0.470. The number of aromatic amines is 1. The van der Waals surface area contributed by atoms with Crippen molar-refractivity contribution in [3.05, 3.63) is 63.5 Å². The fourth-order valence-electron chi connectivity index (χ4n) is 5.03. The Labute approximate surface area is 204 Å². The summed E-state index contributed by atoms with van der Waals surface area (Å²) in [7, 11) is 0. The molecule has 2 aromatic heterocycles. The Hall–Kier alpha value is -3.34. The van der Waals surface area contributed by atoms with Crippen LogP contribution in [0.5, 0.6) is 5.75 Å². The van der Waals surface area contributed by atoms with Gasteiger partial charge in [0, 0.05) is 30.9 Å². The molecule has 0 unspecified atom stereocenters. The lowest BCUT2D eigenvalue weighted by Gasteiger charge is -2.38. The van der Waals surface area contributed by atoms with Crippen molar-refractivity contribution < 1.29 is 26.7 Å². The fraction of sp³-hybridized carbons (Fsp3) is 0.440. The van der Waals surface area contributed by atoms with Crippen LogP contribution in [-0.4, -0.2) is 64.9 Å². The van der Waals surface area contributed by atoms with Gasteiger partial charge in [-0.3, -0.25) is 19.3 Å². The average Bonchev–Trinajstić information content (AvgIpc) is 3.43. The molecule has 1 aromatic carbocycles. The molecule has 0 spiro atoms. The Morgan fingerprint density at radius 1 is 1.25 bits per heavy atom. The van der Waals surface area contributed by atoms with E-state index in [-0.39, 0.29) is 12.8 Å². The normalized spacial score (nSPS) is 20.6. The van der Waals surface area contributed by atoms with Gasteiger partial charge in [0.1, 0.15) is 18.4 Å². The van der Waals surface area contributed by atoms with Crippen molar-refractivity contribution in [3.63, 3.8) is 0 Å². The van der Waals surface area contributed by atoms with Crippen molar-refractivity contribution in [1.82, 2.24) is 19.8 Å². The molecule has 36 heavy (non-hydrogen) atoms. The van der Waals surface area contributed by atoms with Crippen molar-refractivity contribution in [2.75, 3.05) is 32.9 Å². The van der Waals surface area contributed by atoms with Gasteiger partial charge in [0.05, 0.1) is 30.1 Å². The second-order valence-electron chi connectivity index (χ2n) is 9.18. The maximum absolute atomic E-state index is 13.5. The zero-order valence-electron chi connectivity index (χ0n) is 19.6. The molecule has 1 fully saturated rings. The molecular formula is C25H26F4N4O3. The summed E-state index contributed by atoms with van der Waals surface area (Å²) in [6.45, 7) is 2.29. The number of H-pyrrole nitrogens is 1. The summed E-state index contributed by atoms with van der Waals surface area (Å²) in [5.74, 6) is -0.109. The molecule has 0 bridgehead atoms. The zero-order valence-corrected chi connectivity index (χ0v) is 19.6. The molecule has 5 rings (SSSR count). The Kier molecular flexibility index (Phi) is 6.50. The van der Waals surface area contributed by atoms with E-state index in [0.717, 1.165) is 13.0 Å². The number of rotatable bonds is 7. The minimum absolute atomic E-state index is 0.0515. The maximum atomic E-state index is 13.5. The molecule has 3 aromatic rings. The van der Waals surface area contributed by atoms with Crippen LogP contribution in [0.25, 0.3) is 17.2 Å². The maximum Gasteiger partial charge on any atom is 0.417 e. The Morgan fingerprint density at radius 3 is 2.81 bits per heavy atom. The third kappa shape index (κ3) is 4.97. The molecule has 2 aliphatic heterocycles. The van der Waals surface area contributed by atoms with Crippen molar-refractivity contribution in [3.8, 4) is 5.75 Å². The number of hydrogen-bond acceptors (Lipinski definition) is 6. The number of aromatic nitrogens is 2. The molecule has 0 aliphatic carbocycles. The summed E-state index contributed by atoms with van der Waals surface area (Å²) in [5.41, 5.74) is 2.66. The van der Waals surface area contributed by atoms with Gasteiger partial charge in [-0.2, -0.15) is 13.2 Å². The van der Waals surface area contributed by atoms with Crippen LogP contribution in [0.4, 0.5) is 17.6 Å². The van der Waals surface area contributed by atoms with Crippen LogP contribution in [0, 0.1) is 0 Å². The lowest BCUT2D eigenvalue weighted by molar-refractivity contribution is -0.145. The van der Waals surface area contributed by atoms with Crippen LogP contribution in [0.2, 0.25) is 0 Å². The predicted octanol–water partition coefficient (Wildman–Crippen LogP) is 4.66. The largest absolute Gasteiger partial charge is 0.487 e. The first-order chi connectivity index (χ1) is 17.2. The van der Waals surface area contributed by atoms with Crippen LogP contribution in [0.3, 0.4) is 0 Å². The lowest BCUT2D eigenvalue weighted by Crippen LogP contribution is -2.38. The monoisotopic (exact) mass is 506 g/mol. The van der Waals surface area contributed by atoms with Gasteiger partial charge in [0.25, 0.3) is 0 Å². The van der Waals surface area contributed by atoms with Crippen molar-refractivity contribution >= 4 is 17.2 Å². The number of nitrogens with one attached hydrogen (secondary N) is 1. The molecule has 0 radical (unpaired) electrons. The van der Waals surface area contributed by atoms with E-state index in [1.54, 1.807) is 37.3 Å². The summed E-state index contributed by atoms with van der Waals surface area (Å²) < 4.78 is 64.4. The zero-order chi connectivity index (χ0) is 25.4. The van der Waals surface area contributed by atoms with Gasteiger partial charge >= 0.3 is 11.9 Å². The molecule has 4 heterocycles. The van der Waals surface area contributed by atoms with Crippen LogP contribution in [0.1, 0.15) is 42.6 Å². The number of halogens is 4. The summed E-state index contributed by atoms with van der Waals surface area (Å²) in [6.07, 6.45) is -0.0619. The smallest absolute Gasteiger partial charge is 0.417 e. The first-order valence-electron chi connectivity index (χ1n) is 11.8. The first kappa shape index (κ1) is 24.4. The summed E-state index contributed by atoms with van der Waals surface area (Å²) in [4.78, 5) is 22.2. The fourth-order valence-corrected chi connectivity index (χ4v) is 5.03. The molecule has 192 valence electrons. The number of nitrogens with zero attached hydrogens (tertiary/aromatic N) is 3. The van der Waals surface area contributed by atoms with Crippen molar-refractivity contribution in [1.29, 1.82) is 0 Å². The van der Waals surface area contributed by atoms with Gasteiger partial charge in [-0.05, 0) is 49.6 Å². The summed E-state index contributed by atoms with van der Waals surface area (Å²) in [5, 5.41) is 0. The molecule has 0 saturated carbocycles. The Balaban J connectivity index is 1.44. The van der Waals surface area contributed by atoms with E-state index in [4.69, 9.17) is 9.15 Å². The molecule has 11 heteroatoms. The topological polar surface area (TPSA) is 74.6 Å². The van der Waals surface area contributed by atoms with Gasteiger partial charge in [0.2, 0.25) is 0 Å². The molecule has 7 nitrogen and oxygen atoms in total. The highest BCUT2D eigenvalue weighted by Crippen LogP contribution is 2.42.